The number of alkyl halides is 1. The molecule has 0 heterocycles. The molecule has 19 heavy (non-hydrogen) atoms. The van der Waals surface area contributed by atoms with Gasteiger partial charge in [-0.15, -0.1) is 11.6 Å². The summed E-state index contributed by atoms with van der Waals surface area (Å²) in [6.07, 6.45) is 0. The van der Waals surface area contributed by atoms with Crippen LogP contribution in [0, 0.1) is 12.7 Å². The molecule has 3 heteroatoms. The largest absolute Gasteiger partial charge is 0.339 e. The lowest BCUT2D eigenvalue weighted by Crippen LogP contribution is -2.17. The van der Waals surface area contributed by atoms with Crippen molar-refractivity contribution in [1.82, 2.24) is 0 Å². The van der Waals surface area contributed by atoms with E-state index in [-0.39, 0.29) is 5.82 Å². The van der Waals surface area contributed by atoms with Crippen LogP contribution in [0.4, 0.5) is 15.8 Å². The predicted octanol–water partition coefficient (Wildman–Crippen LogP) is 5.03. The second-order valence-corrected chi connectivity index (χ2v) is 4.71. The van der Waals surface area contributed by atoms with Gasteiger partial charge in [-0.2, -0.15) is 0 Å². The zero-order chi connectivity index (χ0) is 13.8. The highest BCUT2D eigenvalue weighted by atomic mass is 35.5. The average Bonchev–Trinajstić information content (AvgIpc) is 2.42. The number of hydrogen-bond acceptors (Lipinski definition) is 1. The fraction of sp³-hybridized carbons (Fsp3) is 0.250. The SMILES string of the molecule is CCN(c1ccc(CCl)c(C)c1)c1ccccc1F. The minimum Gasteiger partial charge on any atom is -0.339 e. The molecule has 0 bridgehead atoms. The molecule has 0 saturated carbocycles. The first kappa shape index (κ1) is 13.9. The van der Waals surface area contributed by atoms with E-state index in [9.17, 15) is 4.39 Å². The normalized spacial score (nSPS) is 10.5. The molecule has 0 aliphatic rings. The van der Waals surface area contributed by atoms with Crippen molar-refractivity contribution in [2.45, 2.75) is 19.7 Å². The van der Waals surface area contributed by atoms with Gasteiger partial charge < -0.3 is 4.90 Å². The van der Waals surface area contributed by atoms with Gasteiger partial charge in [0.2, 0.25) is 0 Å². The molecular formula is C16H17ClFN. The Morgan fingerprint density at radius 1 is 1.16 bits per heavy atom. The van der Waals surface area contributed by atoms with Crippen LogP contribution in [-0.4, -0.2) is 6.54 Å². The minimum atomic E-state index is -0.205. The quantitative estimate of drug-likeness (QED) is 0.709. The topological polar surface area (TPSA) is 3.24 Å². The maximum atomic E-state index is 13.9. The van der Waals surface area contributed by atoms with Crippen LogP contribution in [0.2, 0.25) is 0 Å². The third kappa shape index (κ3) is 2.90. The summed E-state index contributed by atoms with van der Waals surface area (Å²) in [5.74, 6) is 0.293. The van der Waals surface area contributed by atoms with Crippen molar-refractivity contribution >= 4 is 23.0 Å². The molecule has 0 fully saturated rings. The van der Waals surface area contributed by atoms with E-state index in [0.29, 0.717) is 18.1 Å². The van der Waals surface area contributed by atoms with Crippen LogP contribution in [0.3, 0.4) is 0 Å². The van der Waals surface area contributed by atoms with Crippen LogP contribution in [0.1, 0.15) is 18.1 Å². The van der Waals surface area contributed by atoms with Crippen molar-refractivity contribution in [3.8, 4) is 0 Å². The molecule has 0 aliphatic heterocycles. The zero-order valence-electron chi connectivity index (χ0n) is 11.2. The Morgan fingerprint density at radius 2 is 1.89 bits per heavy atom. The standard InChI is InChI=1S/C16H17ClFN/c1-3-19(16-7-5-4-6-15(16)18)14-9-8-13(11-17)12(2)10-14/h4-10H,3,11H2,1-2H3. The Labute approximate surface area is 118 Å². The second kappa shape index (κ2) is 6.07. The Balaban J connectivity index is 2.43. The summed E-state index contributed by atoms with van der Waals surface area (Å²) in [5.41, 5.74) is 3.82. The van der Waals surface area contributed by atoms with E-state index in [1.54, 1.807) is 12.1 Å². The van der Waals surface area contributed by atoms with Crippen LogP contribution in [-0.2, 0) is 5.88 Å². The van der Waals surface area contributed by atoms with Gasteiger partial charge in [-0.3, -0.25) is 0 Å². The molecule has 0 aliphatic carbocycles. The molecule has 0 spiro atoms. The van der Waals surface area contributed by atoms with Crippen molar-refractivity contribution in [3.63, 3.8) is 0 Å². The molecule has 0 amide bonds. The molecular weight excluding hydrogens is 261 g/mol. The van der Waals surface area contributed by atoms with E-state index in [1.165, 1.54) is 6.07 Å². The molecule has 2 aromatic rings. The Morgan fingerprint density at radius 3 is 2.47 bits per heavy atom. The summed E-state index contributed by atoms with van der Waals surface area (Å²) < 4.78 is 13.9. The summed E-state index contributed by atoms with van der Waals surface area (Å²) in [6.45, 7) is 4.74. The Bertz CT molecular complexity index is 568. The fourth-order valence-electron chi connectivity index (χ4n) is 2.16. The molecule has 0 unspecified atom stereocenters. The lowest BCUT2D eigenvalue weighted by atomic mass is 10.1. The molecule has 0 N–H and O–H groups in total. The maximum absolute atomic E-state index is 13.9. The van der Waals surface area contributed by atoms with Gasteiger partial charge in [0.1, 0.15) is 5.82 Å². The summed E-state index contributed by atoms with van der Waals surface area (Å²) in [6, 6.07) is 12.9. The number of rotatable bonds is 4. The van der Waals surface area contributed by atoms with Gasteiger partial charge in [0, 0.05) is 18.1 Å². The zero-order valence-corrected chi connectivity index (χ0v) is 11.9. The number of halogens is 2. The van der Waals surface area contributed by atoms with Crippen molar-refractivity contribution < 1.29 is 4.39 Å². The van der Waals surface area contributed by atoms with Gasteiger partial charge in [0.05, 0.1) is 5.69 Å². The fourth-order valence-corrected chi connectivity index (χ4v) is 2.46. The summed E-state index contributed by atoms with van der Waals surface area (Å²) in [5, 5.41) is 0. The molecule has 0 aromatic heterocycles. The van der Waals surface area contributed by atoms with Crippen LogP contribution < -0.4 is 4.90 Å². The highest BCUT2D eigenvalue weighted by Crippen LogP contribution is 2.29. The molecule has 0 saturated heterocycles. The van der Waals surface area contributed by atoms with Crippen LogP contribution in [0.25, 0.3) is 0 Å². The third-order valence-corrected chi connectivity index (χ3v) is 3.53. The molecule has 100 valence electrons. The number of anilines is 2. The van der Waals surface area contributed by atoms with Crippen LogP contribution in [0.5, 0.6) is 0 Å². The number of para-hydroxylation sites is 1. The van der Waals surface area contributed by atoms with E-state index in [4.69, 9.17) is 11.6 Å². The Kier molecular flexibility index (Phi) is 4.43. The highest BCUT2D eigenvalue weighted by molar-refractivity contribution is 6.17. The predicted molar refractivity (Wildman–Crippen MR) is 79.8 cm³/mol. The lowest BCUT2D eigenvalue weighted by Gasteiger charge is -2.24. The van der Waals surface area contributed by atoms with Gasteiger partial charge in [-0.05, 0) is 49.2 Å². The van der Waals surface area contributed by atoms with Gasteiger partial charge in [0.25, 0.3) is 0 Å². The smallest absolute Gasteiger partial charge is 0.146 e. The molecule has 1 nitrogen and oxygen atoms in total. The van der Waals surface area contributed by atoms with Gasteiger partial charge in [-0.1, -0.05) is 18.2 Å². The number of hydrogen-bond donors (Lipinski definition) is 0. The van der Waals surface area contributed by atoms with Gasteiger partial charge in [-0.25, -0.2) is 4.39 Å². The molecule has 0 radical (unpaired) electrons. The van der Waals surface area contributed by atoms with E-state index in [1.807, 2.05) is 43.0 Å². The van der Waals surface area contributed by atoms with Crippen LogP contribution in [0.15, 0.2) is 42.5 Å². The highest BCUT2D eigenvalue weighted by Gasteiger charge is 2.12. The summed E-state index contributed by atoms with van der Waals surface area (Å²) in [7, 11) is 0. The van der Waals surface area contributed by atoms with Crippen molar-refractivity contribution in [3.05, 3.63) is 59.4 Å². The lowest BCUT2D eigenvalue weighted by molar-refractivity contribution is 0.625. The van der Waals surface area contributed by atoms with Gasteiger partial charge in [0.15, 0.2) is 0 Å². The molecule has 2 rings (SSSR count). The summed E-state index contributed by atoms with van der Waals surface area (Å²) >= 11 is 5.87. The van der Waals surface area contributed by atoms with Crippen molar-refractivity contribution in [2.75, 3.05) is 11.4 Å². The van der Waals surface area contributed by atoms with E-state index in [0.717, 1.165) is 16.8 Å². The van der Waals surface area contributed by atoms with Crippen LogP contribution >= 0.6 is 11.6 Å². The second-order valence-electron chi connectivity index (χ2n) is 4.44. The van der Waals surface area contributed by atoms with Crippen molar-refractivity contribution in [1.29, 1.82) is 0 Å². The first-order valence-electron chi connectivity index (χ1n) is 6.35. The van der Waals surface area contributed by atoms with Crippen molar-refractivity contribution in [2.24, 2.45) is 0 Å². The Hall–Kier alpha value is -1.54. The molecule has 0 atom stereocenters. The number of benzene rings is 2. The number of aryl methyl sites for hydroxylation is 1. The number of nitrogens with zero attached hydrogens (tertiary/aromatic N) is 1. The summed E-state index contributed by atoms with van der Waals surface area (Å²) in [4.78, 5) is 1.96. The maximum Gasteiger partial charge on any atom is 0.146 e. The monoisotopic (exact) mass is 277 g/mol. The van der Waals surface area contributed by atoms with E-state index >= 15 is 0 Å². The van der Waals surface area contributed by atoms with E-state index < -0.39 is 0 Å². The molecule has 2 aromatic carbocycles. The van der Waals surface area contributed by atoms with E-state index in [2.05, 4.69) is 0 Å². The third-order valence-electron chi connectivity index (χ3n) is 3.24. The minimum absolute atomic E-state index is 0.205. The average molecular weight is 278 g/mol. The first-order valence-corrected chi connectivity index (χ1v) is 6.88. The van der Waals surface area contributed by atoms with Gasteiger partial charge >= 0.3 is 0 Å². The first-order chi connectivity index (χ1) is 9.17.